The Morgan fingerprint density at radius 3 is 2.38 bits per heavy atom. The molecule has 1 aromatic rings. The molecule has 0 spiro atoms. The van der Waals surface area contributed by atoms with Gasteiger partial charge in [-0.15, -0.1) is 0 Å². The molecule has 0 aromatic heterocycles. The van der Waals surface area contributed by atoms with Crippen LogP contribution in [0.2, 0.25) is 0 Å². The fraction of sp³-hybridized carbons (Fsp3) is 0.467. The molecule has 0 aliphatic heterocycles. The molecule has 2 atom stereocenters. The van der Waals surface area contributed by atoms with Crippen molar-refractivity contribution >= 4 is 19.4 Å². The highest BCUT2D eigenvalue weighted by Gasteiger charge is 2.39. The number of benzene rings is 1. The monoisotopic (exact) mass is 396 g/mol. The number of ether oxygens (including phenoxy) is 1. The van der Waals surface area contributed by atoms with Crippen molar-refractivity contribution in [3.05, 3.63) is 30.3 Å². The maximum atomic E-state index is 13.0. The lowest BCUT2D eigenvalue weighted by Gasteiger charge is -2.23. The van der Waals surface area contributed by atoms with Gasteiger partial charge in [-0.1, -0.05) is 18.2 Å². The largest absolute Gasteiger partial charge is 0.471 e. The molecule has 1 aromatic carbocycles. The minimum atomic E-state index is -5.05. The SMILES string of the molecule is CCOC(=O)[C@H](C)NP(=O)(CCNC(=O)C(F)(F)F)Oc1ccccc1. The first kappa shape index (κ1) is 22.0. The van der Waals surface area contributed by atoms with Gasteiger partial charge in [-0.05, 0) is 26.0 Å². The van der Waals surface area contributed by atoms with E-state index in [0.717, 1.165) is 0 Å². The van der Waals surface area contributed by atoms with E-state index in [-0.39, 0.29) is 12.4 Å². The Balaban J connectivity index is 2.82. The zero-order valence-electron chi connectivity index (χ0n) is 14.2. The van der Waals surface area contributed by atoms with Crippen molar-refractivity contribution in [3.8, 4) is 5.75 Å². The molecule has 0 radical (unpaired) electrons. The van der Waals surface area contributed by atoms with Gasteiger partial charge in [0.1, 0.15) is 11.8 Å². The standard InChI is InChI=1S/C15H20F3N2O5P/c1-3-24-13(21)11(2)20-26(23,25-12-7-5-4-6-8-12)10-9-19-14(22)15(16,17)18/h4-8,11H,3,9-10H2,1-2H3,(H,19,22)(H,20,23)/t11-,26?/m0/s1. The third kappa shape index (κ3) is 7.45. The van der Waals surface area contributed by atoms with Crippen LogP contribution in [0.1, 0.15) is 13.8 Å². The summed E-state index contributed by atoms with van der Waals surface area (Å²) < 4.78 is 59.8. The molecule has 0 aliphatic carbocycles. The lowest BCUT2D eigenvalue weighted by molar-refractivity contribution is -0.173. The molecular formula is C15H20F3N2O5P. The highest BCUT2D eigenvalue weighted by Crippen LogP contribution is 2.43. The van der Waals surface area contributed by atoms with E-state index in [1.165, 1.54) is 19.1 Å². The van der Waals surface area contributed by atoms with Gasteiger partial charge in [0.05, 0.1) is 12.8 Å². The number of amides is 1. The van der Waals surface area contributed by atoms with Crippen molar-refractivity contribution in [2.75, 3.05) is 19.3 Å². The molecular weight excluding hydrogens is 376 g/mol. The zero-order chi connectivity index (χ0) is 19.8. The number of rotatable bonds is 9. The third-order valence-electron chi connectivity index (χ3n) is 2.98. The Labute approximate surface area is 148 Å². The van der Waals surface area contributed by atoms with Gasteiger partial charge in [0, 0.05) is 6.54 Å². The van der Waals surface area contributed by atoms with Gasteiger partial charge in [-0.3, -0.25) is 14.2 Å². The Hall–Kier alpha value is -2.06. The van der Waals surface area contributed by atoms with Crippen molar-refractivity contribution in [3.63, 3.8) is 0 Å². The average molecular weight is 396 g/mol. The lowest BCUT2D eigenvalue weighted by Crippen LogP contribution is -2.40. The second-order valence-electron chi connectivity index (χ2n) is 5.16. The average Bonchev–Trinajstić information content (AvgIpc) is 2.54. The second kappa shape index (κ2) is 9.59. The number of halogens is 3. The van der Waals surface area contributed by atoms with Crippen LogP contribution in [0.5, 0.6) is 5.75 Å². The molecule has 0 saturated heterocycles. The van der Waals surface area contributed by atoms with Crippen molar-refractivity contribution in [1.29, 1.82) is 0 Å². The van der Waals surface area contributed by atoms with Crippen LogP contribution in [0.15, 0.2) is 30.3 Å². The summed E-state index contributed by atoms with van der Waals surface area (Å²) in [5, 5.41) is 4.08. The molecule has 0 fully saturated rings. The molecule has 1 amide bonds. The number of carbonyl (C=O) groups excluding carboxylic acids is 2. The number of alkyl halides is 3. The van der Waals surface area contributed by atoms with Gasteiger partial charge >= 0.3 is 25.6 Å². The van der Waals surface area contributed by atoms with Gasteiger partial charge in [-0.2, -0.15) is 13.2 Å². The fourth-order valence-corrected chi connectivity index (χ4v) is 3.66. The number of hydrogen-bond donors (Lipinski definition) is 2. The van der Waals surface area contributed by atoms with E-state index in [2.05, 4.69) is 5.09 Å². The normalized spacial score (nSPS) is 14.8. The number of carbonyl (C=O) groups is 2. The molecule has 7 nitrogen and oxygen atoms in total. The lowest BCUT2D eigenvalue weighted by atomic mass is 10.3. The van der Waals surface area contributed by atoms with Crippen LogP contribution in [-0.2, 0) is 18.9 Å². The first-order valence-electron chi connectivity index (χ1n) is 7.70. The highest BCUT2D eigenvalue weighted by molar-refractivity contribution is 7.57. The van der Waals surface area contributed by atoms with Gasteiger partial charge in [0.2, 0.25) is 0 Å². The summed E-state index contributed by atoms with van der Waals surface area (Å²) in [5.41, 5.74) is 0. The van der Waals surface area contributed by atoms with E-state index in [1.54, 1.807) is 30.4 Å². The summed E-state index contributed by atoms with van der Waals surface area (Å²) in [5.74, 6) is -2.65. The molecule has 146 valence electrons. The molecule has 11 heteroatoms. The quantitative estimate of drug-likeness (QED) is 0.492. The van der Waals surface area contributed by atoms with E-state index in [9.17, 15) is 27.3 Å². The number of esters is 1. The molecule has 0 heterocycles. The van der Waals surface area contributed by atoms with Crippen molar-refractivity contribution in [2.24, 2.45) is 0 Å². The predicted molar refractivity (Wildman–Crippen MR) is 87.8 cm³/mol. The first-order valence-corrected chi connectivity index (χ1v) is 9.51. The van der Waals surface area contributed by atoms with E-state index >= 15 is 0 Å². The Bertz CT molecular complexity index is 654. The van der Waals surface area contributed by atoms with Crippen LogP contribution in [0.25, 0.3) is 0 Å². The van der Waals surface area contributed by atoms with E-state index < -0.39 is 44.3 Å². The van der Waals surface area contributed by atoms with Crippen molar-refractivity contribution < 1.29 is 36.6 Å². The summed E-state index contributed by atoms with van der Waals surface area (Å²) in [7, 11) is -3.82. The Kier molecular flexibility index (Phi) is 8.10. The van der Waals surface area contributed by atoms with E-state index in [4.69, 9.17) is 9.26 Å². The van der Waals surface area contributed by atoms with Crippen LogP contribution in [0.4, 0.5) is 13.2 Å². The van der Waals surface area contributed by atoms with Crippen LogP contribution < -0.4 is 14.9 Å². The third-order valence-corrected chi connectivity index (χ3v) is 5.07. The molecule has 0 bridgehead atoms. The number of nitrogens with one attached hydrogen (secondary N) is 2. The second-order valence-corrected chi connectivity index (χ2v) is 7.39. The Morgan fingerprint density at radius 2 is 1.85 bits per heavy atom. The minimum Gasteiger partial charge on any atom is -0.465 e. The summed E-state index contributed by atoms with van der Waals surface area (Å²) >= 11 is 0. The summed E-state index contributed by atoms with van der Waals surface area (Å²) in [4.78, 5) is 22.6. The number of hydrogen-bond acceptors (Lipinski definition) is 5. The van der Waals surface area contributed by atoms with Crippen LogP contribution in [0, 0.1) is 0 Å². The minimum absolute atomic E-state index is 0.107. The van der Waals surface area contributed by atoms with Gasteiger partial charge in [-0.25, -0.2) is 5.09 Å². The summed E-state index contributed by atoms with van der Waals surface area (Å²) in [6.45, 7) is 2.52. The molecule has 1 rings (SSSR count). The molecule has 26 heavy (non-hydrogen) atoms. The maximum Gasteiger partial charge on any atom is 0.471 e. The maximum absolute atomic E-state index is 13.0. The topological polar surface area (TPSA) is 93.7 Å². The summed E-state index contributed by atoms with van der Waals surface area (Å²) in [6, 6.07) is 6.88. The predicted octanol–water partition coefficient (Wildman–Crippen LogP) is 2.48. The number of para-hydroxylation sites is 1. The zero-order valence-corrected chi connectivity index (χ0v) is 15.1. The Morgan fingerprint density at radius 1 is 1.23 bits per heavy atom. The van der Waals surface area contributed by atoms with Crippen molar-refractivity contribution in [1.82, 2.24) is 10.4 Å². The van der Waals surface area contributed by atoms with Gasteiger partial charge < -0.3 is 14.6 Å². The van der Waals surface area contributed by atoms with E-state index in [1.807, 2.05) is 0 Å². The van der Waals surface area contributed by atoms with Gasteiger partial charge in [0.15, 0.2) is 0 Å². The molecule has 0 aliphatic rings. The molecule has 0 saturated carbocycles. The first-order chi connectivity index (χ1) is 12.1. The highest BCUT2D eigenvalue weighted by atomic mass is 31.2. The fourth-order valence-electron chi connectivity index (χ4n) is 1.82. The van der Waals surface area contributed by atoms with Crippen molar-refractivity contribution in [2.45, 2.75) is 26.1 Å². The van der Waals surface area contributed by atoms with Crippen LogP contribution in [0.3, 0.4) is 0 Å². The van der Waals surface area contributed by atoms with Gasteiger partial charge in [0.25, 0.3) is 0 Å². The van der Waals surface area contributed by atoms with E-state index in [0.29, 0.717) is 0 Å². The smallest absolute Gasteiger partial charge is 0.465 e. The summed E-state index contributed by atoms with van der Waals surface area (Å²) in [6.07, 6.45) is -5.51. The molecule has 1 unspecified atom stereocenters. The van der Waals surface area contributed by atoms with Crippen LogP contribution in [-0.4, -0.2) is 43.4 Å². The molecule has 2 N–H and O–H groups in total. The van der Waals surface area contributed by atoms with Crippen LogP contribution >= 0.6 is 7.52 Å².